The Morgan fingerprint density at radius 3 is 2.73 bits per heavy atom. The minimum atomic E-state index is 0.644. The number of rotatable bonds is 2. The number of nitrogens with one attached hydrogen (secondary N) is 1. The lowest BCUT2D eigenvalue weighted by Gasteiger charge is -2.56. The van der Waals surface area contributed by atoms with Gasteiger partial charge in [-0.05, 0) is 64.5 Å². The van der Waals surface area contributed by atoms with Gasteiger partial charge in [0.25, 0.3) is 0 Å². The average molecular weight is 208 g/mol. The van der Waals surface area contributed by atoms with Crippen molar-refractivity contribution in [2.24, 2.45) is 5.92 Å². The van der Waals surface area contributed by atoms with Gasteiger partial charge in [0, 0.05) is 18.1 Å². The third-order valence-corrected chi connectivity index (χ3v) is 4.80. The van der Waals surface area contributed by atoms with Crippen molar-refractivity contribution in [1.82, 2.24) is 10.2 Å². The quantitative estimate of drug-likeness (QED) is 0.747. The van der Waals surface area contributed by atoms with Gasteiger partial charge < -0.3 is 10.2 Å². The molecule has 0 amide bonds. The summed E-state index contributed by atoms with van der Waals surface area (Å²) in [7, 11) is 2.27. The fourth-order valence-electron chi connectivity index (χ4n) is 3.85. The normalized spacial score (nSPS) is 39.8. The Morgan fingerprint density at radius 1 is 1.33 bits per heavy atom. The number of hydrogen-bond acceptors (Lipinski definition) is 2. The van der Waals surface area contributed by atoms with Crippen molar-refractivity contribution < 1.29 is 0 Å². The number of nitrogens with zero attached hydrogens (tertiary/aromatic N) is 1. The Kier molecular flexibility index (Phi) is 2.52. The van der Waals surface area contributed by atoms with E-state index in [-0.39, 0.29) is 0 Å². The summed E-state index contributed by atoms with van der Waals surface area (Å²) in [6, 6.07) is 0.863. The maximum absolute atomic E-state index is 3.84. The van der Waals surface area contributed by atoms with Crippen LogP contribution < -0.4 is 5.32 Å². The SMILES string of the molecule is CN1CCCC(CC2CC3(CCC3)N2)C1. The molecule has 2 heterocycles. The van der Waals surface area contributed by atoms with Gasteiger partial charge in [-0.3, -0.25) is 0 Å². The highest BCUT2D eigenvalue weighted by Crippen LogP contribution is 2.44. The van der Waals surface area contributed by atoms with Crippen LogP contribution in [0.4, 0.5) is 0 Å². The lowest BCUT2D eigenvalue weighted by Crippen LogP contribution is -2.67. The van der Waals surface area contributed by atoms with Crippen LogP contribution in [-0.4, -0.2) is 36.6 Å². The minimum absolute atomic E-state index is 0.644. The van der Waals surface area contributed by atoms with Crippen molar-refractivity contribution in [2.75, 3.05) is 20.1 Å². The zero-order chi connectivity index (χ0) is 10.3. The Morgan fingerprint density at radius 2 is 2.13 bits per heavy atom. The lowest BCUT2D eigenvalue weighted by molar-refractivity contribution is 0.0334. The number of likely N-dealkylation sites (tertiary alicyclic amines) is 1. The van der Waals surface area contributed by atoms with Crippen LogP contribution in [0.15, 0.2) is 0 Å². The van der Waals surface area contributed by atoms with Gasteiger partial charge in [-0.2, -0.15) is 0 Å². The number of piperidine rings is 1. The van der Waals surface area contributed by atoms with Gasteiger partial charge in [0.05, 0.1) is 0 Å². The Hall–Kier alpha value is -0.0800. The van der Waals surface area contributed by atoms with Crippen LogP contribution in [0.3, 0.4) is 0 Å². The standard InChI is InChI=1S/C13H24N2/c1-15-7-2-4-11(10-15)8-12-9-13(14-12)5-3-6-13/h11-12,14H,2-10H2,1H3. The molecule has 2 unspecified atom stereocenters. The molecule has 2 aliphatic heterocycles. The highest BCUT2D eigenvalue weighted by molar-refractivity contribution is 5.08. The first kappa shape index (κ1) is 10.1. The smallest absolute Gasteiger partial charge is 0.0199 e. The maximum atomic E-state index is 3.84. The Labute approximate surface area is 93.4 Å². The topological polar surface area (TPSA) is 15.3 Å². The van der Waals surface area contributed by atoms with Crippen molar-refractivity contribution in [3.05, 3.63) is 0 Å². The third kappa shape index (κ3) is 1.94. The first-order valence-electron chi connectivity index (χ1n) is 6.72. The predicted octanol–water partition coefficient (Wildman–Crippen LogP) is 2.00. The van der Waals surface area contributed by atoms with E-state index in [0.29, 0.717) is 5.54 Å². The van der Waals surface area contributed by atoms with Gasteiger partial charge >= 0.3 is 0 Å². The van der Waals surface area contributed by atoms with Crippen molar-refractivity contribution in [3.8, 4) is 0 Å². The van der Waals surface area contributed by atoms with Gasteiger partial charge in [0.15, 0.2) is 0 Å². The molecular formula is C13H24N2. The van der Waals surface area contributed by atoms with Crippen molar-refractivity contribution in [2.45, 2.75) is 56.5 Å². The molecule has 2 heteroatoms. The molecule has 3 rings (SSSR count). The molecule has 1 N–H and O–H groups in total. The second-order valence-corrected chi connectivity index (χ2v) is 6.19. The molecule has 15 heavy (non-hydrogen) atoms. The Balaban J connectivity index is 1.42. The van der Waals surface area contributed by atoms with Gasteiger partial charge in [-0.25, -0.2) is 0 Å². The maximum Gasteiger partial charge on any atom is 0.0199 e. The molecular weight excluding hydrogens is 184 g/mol. The molecule has 1 spiro atoms. The van der Waals surface area contributed by atoms with Crippen molar-refractivity contribution >= 4 is 0 Å². The van der Waals surface area contributed by atoms with Crippen LogP contribution in [0.5, 0.6) is 0 Å². The second-order valence-electron chi connectivity index (χ2n) is 6.19. The molecule has 0 aromatic rings. The summed E-state index contributed by atoms with van der Waals surface area (Å²) in [4.78, 5) is 2.51. The molecule has 0 aromatic carbocycles. The van der Waals surface area contributed by atoms with Crippen molar-refractivity contribution in [3.63, 3.8) is 0 Å². The van der Waals surface area contributed by atoms with Gasteiger partial charge in [0.1, 0.15) is 0 Å². The predicted molar refractivity (Wildman–Crippen MR) is 63.0 cm³/mol. The molecule has 1 aliphatic carbocycles. The van der Waals surface area contributed by atoms with E-state index in [4.69, 9.17) is 0 Å². The lowest BCUT2D eigenvalue weighted by atomic mass is 9.65. The fraction of sp³-hybridized carbons (Fsp3) is 1.00. The van der Waals surface area contributed by atoms with Crippen LogP contribution in [0.25, 0.3) is 0 Å². The van der Waals surface area contributed by atoms with E-state index < -0.39 is 0 Å². The molecule has 3 fully saturated rings. The van der Waals surface area contributed by atoms with Crippen LogP contribution in [0, 0.1) is 5.92 Å². The Bertz CT molecular complexity index is 227. The van der Waals surface area contributed by atoms with Gasteiger partial charge in [-0.1, -0.05) is 0 Å². The first-order chi connectivity index (χ1) is 7.26. The van der Waals surface area contributed by atoms with Crippen molar-refractivity contribution in [1.29, 1.82) is 0 Å². The van der Waals surface area contributed by atoms with Crippen LogP contribution in [0.1, 0.15) is 44.9 Å². The summed E-state index contributed by atoms with van der Waals surface area (Å²) in [5.74, 6) is 0.971. The van der Waals surface area contributed by atoms with Crippen LogP contribution in [-0.2, 0) is 0 Å². The number of hydrogen-bond donors (Lipinski definition) is 1. The summed E-state index contributed by atoms with van der Waals surface area (Å²) in [5.41, 5.74) is 0.644. The van der Waals surface area contributed by atoms with E-state index in [1.165, 1.54) is 58.0 Å². The van der Waals surface area contributed by atoms with E-state index >= 15 is 0 Å². The monoisotopic (exact) mass is 208 g/mol. The largest absolute Gasteiger partial charge is 0.308 e. The molecule has 0 bridgehead atoms. The van der Waals surface area contributed by atoms with Gasteiger partial charge in [-0.15, -0.1) is 0 Å². The molecule has 1 saturated carbocycles. The molecule has 0 radical (unpaired) electrons. The van der Waals surface area contributed by atoms with E-state index in [0.717, 1.165) is 12.0 Å². The summed E-state index contributed by atoms with van der Waals surface area (Å²) in [6.45, 7) is 2.66. The molecule has 2 saturated heterocycles. The highest BCUT2D eigenvalue weighted by atomic mass is 15.1. The summed E-state index contributed by atoms with van der Waals surface area (Å²) < 4.78 is 0. The van der Waals surface area contributed by atoms with Crippen LogP contribution in [0.2, 0.25) is 0 Å². The zero-order valence-electron chi connectivity index (χ0n) is 9.97. The molecule has 0 aromatic heterocycles. The average Bonchev–Trinajstić information content (AvgIpc) is 2.07. The molecule has 2 atom stereocenters. The summed E-state index contributed by atoms with van der Waals surface area (Å²) in [6.07, 6.45) is 10.2. The van der Waals surface area contributed by atoms with E-state index in [1.807, 2.05) is 0 Å². The fourth-order valence-corrected chi connectivity index (χ4v) is 3.85. The third-order valence-electron chi connectivity index (χ3n) is 4.80. The first-order valence-corrected chi connectivity index (χ1v) is 6.72. The van der Waals surface area contributed by atoms with E-state index in [1.54, 1.807) is 0 Å². The van der Waals surface area contributed by atoms with E-state index in [2.05, 4.69) is 17.3 Å². The zero-order valence-corrected chi connectivity index (χ0v) is 9.97. The minimum Gasteiger partial charge on any atom is -0.308 e. The van der Waals surface area contributed by atoms with Crippen LogP contribution >= 0.6 is 0 Å². The molecule has 2 nitrogen and oxygen atoms in total. The van der Waals surface area contributed by atoms with Gasteiger partial charge in [0.2, 0.25) is 0 Å². The highest BCUT2D eigenvalue weighted by Gasteiger charge is 2.47. The second kappa shape index (κ2) is 3.74. The van der Waals surface area contributed by atoms with E-state index in [9.17, 15) is 0 Å². The molecule has 3 aliphatic rings. The summed E-state index contributed by atoms with van der Waals surface area (Å²) >= 11 is 0. The summed E-state index contributed by atoms with van der Waals surface area (Å²) in [5, 5.41) is 3.84. The molecule has 86 valence electrons.